The summed E-state index contributed by atoms with van der Waals surface area (Å²) in [6.07, 6.45) is -15.7. The minimum absolute atomic E-state index is 0.0223. The van der Waals surface area contributed by atoms with Gasteiger partial charge in [0.1, 0.15) is 53.7 Å². The Hall–Kier alpha value is -3.91. The van der Waals surface area contributed by atoms with Crippen molar-refractivity contribution in [1.29, 1.82) is 0 Å². The molecule has 0 bridgehead atoms. The molecule has 2 saturated heterocycles. The van der Waals surface area contributed by atoms with Crippen LogP contribution in [0.15, 0.2) is 33.5 Å². The first-order valence-electron chi connectivity index (χ1n) is 15.1. The number of aliphatic hydroxyl groups is 6. The summed E-state index contributed by atoms with van der Waals surface area (Å²) in [7, 11) is 6.87. The highest BCUT2D eigenvalue weighted by molar-refractivity contribution is 5.92. The van der Waals surface area contributed by atoms with E-state index in [0.717, 1.165) is 0 Å². The fourth-order valence-electron chi connectivity index (χ4n) is 5.81. The monoisotopic (exact) mass is 696 g/mol. The SMILES string of the molecule is COc1ccc(-c2oc3cc(OC)c(OC)c(OC4OC(C)C(OC5OC(CO)C(O)C(O)C5O)C(O)C4O)c3c(=O)c2OC)cc1OC. The predicted molar refractivity (Wildman–Crippen MR) is 166 cm³/mol. The summed E-state index contributed by atoms with van der Waals surface area (Å²) in [6, 6.07) is 6.28. The van der Waals surface area contributed by atoms with Crippen molar-refractivity contribution in [3.63, 3.8) is 0 Å². The van der Waals surface area contributed by atoms with Crippen LogP contribution in [0.4, 0.5) is 0 Å². The molecule has 270 valence electrons. The maximum atomic E-state index is 14.1. The third-order valence-corrected chi connectivity index (χ3v) is 8.44. The molecule has 2 fully saturated rings. The maximum Gasteiger partial charge on any atom is 0.239 e. The topological polar surface area (TPSA) is 235 Å². The van der Waals surface area contributed by atoms with E-state index in [2.05, 4.69) is 0 Å². The van der Waals surface area contributed by atoms with Gasteiger partial charge in [0.2, 0.25) is 23.2 Å². The number of benzene rings is 2. The van der Waals surface area contributed by atoms with Crippen molar-refractivity contribution in [2.75, 3.05) is 42.2 Å². The predicted octanol–water partition coefficient (Wildman–Crippen LogP) is -0.466. The molecule has 17 nitrogen and oxygen atoms in total. The van der Waals surface area contributed by atoms with Crippen molar-refractivity contribution in [1.82, 2.24) is 0 Å². The molecule has 0 radical (unpaired) electrons. The van der Waals surface area contributed by atoms with E-state index in [1.54, 1.807) is 18.2 Å². The summed E-state index contributed by atoms with van der Waals surface area (Å²) >= 11 is 0. The Morgan fingerprint density at radius 2 is 1.35 bits per heavy atom. The Bertz CT molecular complexity index is 1670. The van der Waals surface area contributed by atoms with Gasteiger partial charge in [0.25, 0.3) is 0 Å². The number of rotatable bonds is 11. The highest BCUT2D eigenvalue weighted by atomic mass is 16.7. The molecule has 3 aromatic rings. The van der Waals surface area contributed by atoms with Crippen molar-refractivity contribution in [3.05, 3.63) is 34.5 Å². The zero-order chi connectivity index (χ0) is 35.7. The van der Waals surface area contributed by atoms with Crippen LogP contribution in [0, 0.1) is 0 Å². The maximum absolute atomic E-state index is 14.1. The molecule has 17 heteroatoms. The van der Waals surface area contributed by atoms with E-state index in [1.165, 1.54) is 48.5 Å². The number of fused-ring (bicyclic) bond motifs is 1. The van der Waals surface area contributed by atoms with Gasteiger partial charge in [-0.3, -0.25) is 4.79 Å². The molecule has 5 rings (SSSR count). The van der Waals surface area contributed by atoms with E-state index < -0.39 is 73.4 Å². The van der Waals surface area contributed by atoms with Crippen molar-refractivity contribution >= 4 is 11.0 Å². The normalized spacial score (nSPS) is 30.1. The largest absolute Gasteiger partial charge is 0.493 e. The van der Waals surface area contributed by atoms with Crippen LogP contribution in [-0.4, -0.2) is 134 Å². The Balaban J connectivity index is 1.52. The van der Waals surface area contributed by atoms with Gasteiger partial charge in [0.05, 0.1) is 48.3 Å². The van der Waals surface area contributed by atoms with Crippen molar-refractivity contribution < 1.29 is 77.7 Å². The van der Waals surface area contributed by atoms with Gasteiger partial charge in [-0.2, -0.15) is 0 Å². The van der Waals surface area contributed by atoms with Crippen LogP contribution in [0.1, 0.15) is 6.92 Å². The summed E-state index contributed by atoms with van der Waals surface area (Å²) in [6.45, 7) is 0.765. The molecule has 0 aliphatic carbocycles. The van der Waals surface area contributed by atoms with E-state index in [9.17, 15) is 35.4 Å². The van der Waals surface area contributed by atoms with Crippen LogP contribution in [0.3, 0.4) is 0 Å². The third kappa shape index (κ3) is 6.56. The summed E-state index contributed by atoms with van der Waals surface area (Å²) in [5.41, 5.74) is -0.294. The summed E-state index contributed by atoms with van der Waals surface area (Å²) in [4.78, 5) is 14.1. The van der Waals surface area contributed by atoms with E-state index in [1.807, 2.05) is 0 Å². The Kier molecular flexibility index (Phi) is 11.1. The van der Waals surface area contributed by atoms with Crippen LogP contribution >= 0.6 is 0 Å². The number of methoxy groups -OCH3 is 5. The quantitative estimate of drug-likeness (QED) is 0.149. The second-order valence-corrected chi connectivity index (χ2v) is 11.3. The molecule has 6 N–H and O–H groups in total. The minimum atomic E-state index is -1.84. The van der Waals surface area contributed by atoms with Gasteiger partial charge in [-0.25, -0.2) is 0 Å². The molecule has 49 heavy (non-hydrogen) atoms. The van der Waals surface area contributed by atoms with Crippen LogP contribution in [0.25, 0.3) is 22.3 Å². The van der Waals surface area contributed by atoms with Gasteiger partial charge in [-0.15, -0.1) is 0 Å². The smallest absolute Gasteiger partial charge is 0.239 e. The summed E-state index contributed by atoms with van der Waals surface area (Å²) in [5.74, 6) is 0.401. The van der Waals surface area contributed by atoms with Gasteiger partial charge in [-0.1, -0.05) is 0 Å². The van der Waals surface area contributed by atoms with Gasteiger partial charge >= 0.3 is 0 Å². The molecule has 2 aliphatic heterocycles. The van der Waals surface area contributed by atoms with Crippen LogP contribution < -0.4 is 33.8 Å². The van der Waals surface area contributed by atoms with Crippen LogP contribution in [0.2, 0.25) is 0 Å². The number of hydrogen-bond acceptors (Lipinski definition) is 17. The fourth-order valence-corrected chi connectivity index (χ4v) is 5.81. The zero-order valence-corrected chi connectivity index (χ0v) is 27.5. The van der Waals surface area contributed by atoms with Gasteiger partial charge in [0.15, 0.2) is 35.0 Å². The fraction of sp³-hybridized carbons (Fsp3) is 0.531. The Morgan fingerprint density at radius 1 is 0.694 bits per heavy atom. The van der Waals surface area contributed by atoms with Crippen molar-refractivity contribution in [3.8, 4) is 45.8 Å². The molecular weight excluding hydrogens is 656 g/mol. The molecule has 0 amide bonds. The molecule has 0 spiro atoms. The highest BCUT2D eigenvalue weighted by Gasteiger charge is 2.50. The van der Waals surface area contributed by atoms with E-state index in [0.29, 0.717) is 17.1 Å². The number of hydrogen-bond donors (Lipinski definition) is 6. The van der Waals surface area contributed by atoms with E-state index in [4.69, 9.17) is 47.0 Å². The summed E-state index contributed by atoms with van der Waals surface area (Å²) < 4.78 is 56.5. The first-order chi connectivity index (χ1) is 23.4. The number of ether oxygens (including phenoxy) is 9. The Morgan fingerprint density at radius 3 is 1.96 bits per heavy atom. The lowest BCUT2D eigenvalue weighted by Crippen LogP contribution is -2.64. The highest BCUT2D eigenvalue weighted by Crippen LogP contribution is 2.46. The number of aliphatic hydroxyl groups excluding tert-OH is 6. The van der Waals surface area contributed by atoms with Gasteiger partial charge in [-0.05, 0) is 25.1 Å². The molecule has 10 unspecified atom stereocenters. The molecule has 0 saturated carbocycles. The lowest BCUT2D eigenvalue weighted by atomic mass is 9.97. The van der Waals surface area contributed by atoms with Crippen molar-refractivity contribution in [2.45, 2.75) is 68.3 Å². The first kappa shape index (κ1) is 36.4. The van der Waals surface area contributed by atoms with Crippen LogP contribution in [-0.2, 0) is 14.2 Å². The molecule has 2 aliphatic rings. The lowest BCUT2D eigenvalue weighted by Gasteiger charge is -2.45. The Labute approximate surface area is 279 Å². The van der Waals surface area contributed by atoms with Gasteiger partial charge < -0.3 is 77.7 Å². The lowest BCUT2D eigenvalue weighted by molar-refractivity contribution is -0.348. The summed E-state index contributed by atoms with van der Waals surface area (Å²) in [5, 5.41) is 62.3. The standard InChI is InChI=1S/C32H40O17/c1-12-26(48-32-24(38)22(36)20(34)18(11-33)47-32)23(37)25(39)31(45-12)49-29-19-16(10-17(42-4)28(29)43-5)46-27(30(44-6)21(19)35)13-7-8-14(40-2)15(9-13)41-3/h7-10,12,18,20,22-26,31-34,36-39H,11H2,1-6H3. The zero-order valence-electron chi connectivity index (χ0n) is 27.5. The third-order valence-electron chi connectivity index (χ3n) is 8.44. The second-order valence-electron chi connectivity index (χ2n) is 11.3. The average Bonchev–Trinajstić information content (AvgIpc) is 3.11. The molecule has 3 heterocycles. The molecule has 10 atom stereocenters. The average molecular weight is 697 g/mol. The van der Waals surface area contributed by atoms with E-state index in [-0.39, 0.29) is 39.7 Å². The molecular formula is C32H40O17. The van der Waals surface area contributed by atoms with Crippen molar-refractivity contribution in [2.24, 2.45) is 0 Å². The first-order valence-corrected chi connectivity index (χ1v) is 15.1. The molecule has 1 aromatic heterocycles. The van der Waals surface area contributed by atoms with Crippen LogP contribution in [0.5, 0.6) is 34.5 Å². The van der Waals surface area contributed by atoms with Gasteiger partial charge in [0, 0.05) is 11.6 Å². The molecule has 2 aromatic carbocycles. The van der Waals surface area contributed by atoms with E-state index >= 15 is 0 Å². The minimum Gasteiger partial charge on any atom is -0.493 e. The second kappa shape index (κ2) is 14.9.